The van der Waals surface area contributed by atoms with E-state index in [1.54, 1.807) is 6.21 Å². The molecule has 82 valence electrons. The molecule has 0 aliphatic carbocycles. The van der Waals surface area contributed by atoms with Gasteiger partial charge in [0.05, 0.1) is 6.21 Å². The molecule has 0 aromatic heterocycles. The predicted molar refractivity (Wildman–Crippen MR) is 69.6 cm³/mol. The Hall–Kier alpha value is -0.320. The third-order valence-electron chi connectivity index (χ3n) is 1.69. The third-order valence-corrected chi connectivity index (χ3v) is 3.56. The van der Waals surface area contributed by atoms with Crippen molar-refractivity contribution in [1.29, 1.82) is 0 Å². The summed E-state index contributed by atoms with van der Waals surface area (Å²) in [6, 6.07) is 7.71. The minimum absolute atomic E-state index is 0.300. The van der Waals surface area contributed by atoms with Gasteiger partial charge in [0.2, 0.25) is 0 Å². The molecular weight excluding hydrogens is 274 g/mol. The Labute approximate surface area is 102 Å². The van der Waals surface area contributed by atoms with Crippen LogP contribution >= 0.6 is 15.9 Å². The van der Waals surface area contributed by atoms with Gasteiger partial charge in [-0.1, -0.05) is 32.5 Å². The van der Waals surface area contributed by atoms with Gasteiger partial charge in [0.15, 0.2) is 0 Å². The maximum absolute atomic E-state index is 11.6. The van der Waals surface area contributed by atoms with E-state index in [2.05, 4.69) is 20.3 Å². The summed E-state index contributed by atoms with van der Waals surface area (Å²) in [6.07, 6.45) is 1.65. The highest BCUT2D eigenvalue weighted by Crippen LogP contribution is 2.17. The van der Waals surface area contributed by atoms with E-state index < -0.39 is 11.4 Å². The number of rotatable bonds is 2. The molecule has 0 heterocycles. The third kappa shape index (κ3) is 4.36. The Bertz CT molecular complexity index is 343. The van der Waals surface area contributed by atoms with Gasteiger partial charge >= 0.3 is 0 Å². The number of benzene rings is 1. The minimum Gasteiger partial charge on any atom is -0.591 e. The van der Waals surface area contributed by atoms with E-state index in [1.807, 2.05) is 45.0 Å². The predicted octanol–water partition coefficient (Wildman–Crippen LogP) is 3.33. The number of halogens is 1. The topological polar surface area (TPSA) is 35.4 Å². The van der Waals surface area contributed by atoms with Crippen LogP contribution in [0.25, 0.3) is 0 Å². The molecule has 0 amide bonds. The molecule has 0 saturated heterocycles. The normalized spacial score (nSPS) is 14.5. The minimum atomic E-state index is -1.19. The standard InChI is InChI=1S/C11H14BrNOS/c1-11(2,3)15(14)13-8-9-4-6-10(12)7-5-9/h4-8H,1-3H3/b13-8-/t15-/m0/s1. The van der Waals surface area contributed by atoms with E-state index in [-0.39, 0.29) is 4.75 Å². The highest BCUT2D eigenvalue weighted by molar-refractivity contribution is 9.10. The molecular formula is C11H14BrNOS. The van der Waals surface area contributed by atoms with Crippen molar-refractivity contribution in [3.63, 3.8) is 0 Å². The summed E-state index contributed by atoms with van der Waals surface area (Å²) < 4.78 is 16.4. The number of hydrogen-bond donors (Lipinski definition) is 0. The van der Waals surface area contributed by atoms with Crippen LogP contribution in [0.1, 0.15) is 26.3 Å². The molecule has 0 aliphatic rings. The van der Waals surface area contributed by atoms with Gasteiger partial charge in [-0.25, -0.2) is 0 Å². The molecule has 0 fully saturated rings. The Morgan fingerprint density at radius 2 is 1.80 bits per heavy atom. The molecule has 0 aliphatic heterocycles. The second-order valence-electron chi connectivity index (χ2n) is 4.15. The van der Waals surface area contributed by atoms with Crippen molar-refractivity contribution in [2.75, 3.05) is 0 Å². The first-order valence-corrected chi connectivity index (χ1v) is 6.51. The zero-order valence-electron chi connectivity index (χ0n) is 9.03. The van der Waals surface area contributed by atoms with E-state index in [9.17, 15) is 4.55 Å². The SMILES string of the molecule is CC(C)(C)[S@+]([O-])/N=C\c1ccc(Br)cc1. The van der Waals surface area contributed by atoms with E-state index in [4.69, 9.17) is 0 Å². The molecule has 1 atom stereocenters. The van der Waals surface area contributed by atoms with Gasteiger partial charge in [-0.2, -0.15) is 0 Å². The molecule has 1 rings (SSSR count). The zero-order valence-corrected chi connectivity index (χ0v) is 11.4. The average Bonchev–Trinajstić information content (AvgIpc) is 2.15. The molecule has 0 unspecified atom stereocenters. The first-order chi connectivity index (χ1) is 6.89. The number of nitrogens with zero attached hydrogens (tertiary/aromatic N) is 1. The first-order valence-electron chi connectivity index (χ1n) is 4.61. The summed E-state index contributed by atoms with van der Waals surface area (Å²) in [5.74, 6) is 0. The van der Waals surface area contributed by atoms with Crippen LogP contribution in [-0.4, -0.2) is 15.5 Å². The van der Waals surface area contributed by atoms with Gasteiger partial charge in [0.1, 0.15) is 16.1 Å². The lowest BCUT2D eigenvalue weighted by molar-refractivity contribution is 0.562. The Morgan fingerprint density at radius 1 is 1.27 bits per heavy atom. The molecule has 0 bridgehead atoms. The molecule has 0 radical (unpaired) electrons. The van der Waals surface area contributed by atoms with Crippen molar-refractivity contribution in [2.45, 2.75) is 25.5 Å². The molecule has 1 aromatic carbocycles. The van der Waals surface area contributed by atoms with Crippen LogP contribution in [0.2, 0.25) is 0 Å². The Kier molecular flexibility index (Phi) is 4.37. The van der Waals surface area contributed by atoms with Crippen LogP contribution in [0, 0.1) is 0 Å². The van der Waals surface area contributed by atoms with Crippen LogP contribution in [0.3, 0.4) is 0 Å². The average molecular weight is 288 g/mol. The van der Waals surface area contributed by atoms with Gasteiger partial charge in [0.25, 0.3) is 0 Å². The monoisotopic (exact) mass is 287 g/mol. The van der Waals surface area contributed by atoms with Gasteiger partial charge in [-0.05, 0) is 38.5 Å². The van der Waals surface area contributed by atoms with Gasteiger partial charge in [-0.3, -0.25) is 0 Å². The summed E-state index contributed by atoms with van der Waals surface area (Å²) in [7, 11) is 0. The fraction of sp³-hybridized carbons (Fsp3) is 0.364. The van der Waals surface area contributed by atoms with Crippen LogP contribution < -0.4 is 0 Å². The van der Waals surface area contributed by atoms with E-state index in [0.29, 0.717) is 0 Å². The van der Waals surface area contributed by atoms with Crippen LogP contribution in [0.15, 0.2) is 33.1 Å². The molecule has 15 heavy (non-hydrogen) atoms. The zero-order chi connectivity index (χ0) is 11.5. The van der Waals surface area contributed by atoms with Crippen molar-refractivity contribution in [2.24, 2.45) is 4.40 Å². The van der Waals surface area contributed by atoms with E-state index in [0.717, 1.165) is 10.0 Å². The van der Waals surface area contributed by atoms with Crippen molar-refractivity contribution in [3.8, 4) is 0 Å². The van der Waals surface area contributed by atoms with Crippen molar-refractivity contribution >= 4 is 33.5 Å². The molecule has 1 aromatic rings. The van der Waals surface area contributed by atoms with Crippen LogP contribution in [0.5, 0.6) is 0 Å². The van der Waals surface area contributed by atoms with Gasteiger partial charge < -0.3 is 4.55 Å². The second kappa shape index (κ2) is 5.14. The quantitative estimate of drug-likeness (QED) is 0.607. The number of hydrogen-bond acceptors (Lipinski definition) is 2. The largest absolute Gasteiger partial charge is 0.591 e. The smallest absolute Gasteiger partial charge is 0.144 e. The van der Waals surface area contributed by atoms with Gasteiger partial charge in [-0.15, -0.1) is 0 Å². The fourth-order valence-electron chi connectivity index (χ4n) is 0.816. The summed E-state index contributed by atoms with van der Waals surface area (Å²) in [5, 5.41) is 0. The van der Waals surface area contributed by atoms with E-state index in [1.165, 1.54) is 0 Å². The molecule has 0 spiro atoms. The summed E-state index contributed by atoms with van der Waals surface area (Å²) >= 11 is 2.17. The Morgan fingerprint density at radius 3 is 2.27 bits per heavy atom. The van der Waals surface area contributed by atoms with Crippen LogP contribution in [-0.2, 0) is 11.4 Å². The molecule has 0 saturated carbocycles. The Balaban J connectivity index is 2.70. The van der Waals surface area contributed by atoms with Crippen molar-refractivity contribution in [1.82, 2.24) is 0 Å². The fourth-order valence-corrected chi connectivity index (χ4v) is 1.61. The summed E-state index contributed by atoms with van der Waals surface area (Å²) in [5.41, 5.74) is 0.954. The van der Waals surface area contributed by atoms with Gasteiger partial charge in [0, 0.05) is 4.47 Å². The maximum Gasteiger partial charge on any atom is 0.144 e. The van der Waals surface area contributed by atoms with Crippen molar-refractivity contribution < 1.29 is 4.55 Å². The van der Waals surface area contributed by atoms with Crippen LogP contribution in [0.4, 0.5) is 0 Å². The molecule has 0 N–H and O–H groups in total. The lowest BCUT2D eigenvalue weighted by atomic mass is 10.2. The lowest BCUT2D eigenvalue weighted by Crippen LogP contribution is -2.25. The highest BCUT2D eigenvalue weighted by Gasteiger charge is 2.25. The van der Waals surface area contributed by atoms with Crippen molar-refractivity contribution in [3.05, 3.63) is 34.3 Å². The summed E-state index contributed by atoms with van der Waals surface area (Å²) in [4.78, 5) is 0. The second-order valence-corrected chi connectivity index (χ2v) is 7.00. The first kappa shape index (κ1) is 12.7. The van der Waals surface area contributed by atoms with E-state index >= 15 is 0 Å². The highest BCUT2D eigenvalue weighted by atomic mass is 79.9. The maximum atomic E-state index is 11.6. The lowest BCUT2D eigenvalue weighted by Gasteiger charge is -2.17. The molecule has 4 heteroatoms. The molecule has 2 nitrogen and oxygen atoms in total. The summed E-state index contributed by atoms with van der Waals surface area (Å²) in [6.45, 7) is 5.71.